The second-order valence-electron chi connectivity index (χ2n) is 7.42. The van der Waals surface area contributed by atoms with Crippen molar-refractivity contribution in [2.75, 3.05) is 10.2 Å². The topological polar surface area (TPSA) is 75.4 Å². The Kier molecular flexibility index (Phi) is 4.92. The molecule has 2 unspecified atom stereocenters. The molecule has 1 amide bonds. The number of benzene rings is 2. The molecule has 3 aromatic rings. The van der Waals surface area contributed by atoms with E-state index in [-0.39, 0.29) is 23.8 Å². The van der Waals surface area contributed by atoms with Crippen LogP contribution in [0.25, 0.3) is 11.5 Å². The van der Waals surface area contributed by atoms with Crippen molar-refractivity contribution < 1.29 is 14.0 Å². The molecule has 0 saturated heterocycles. The Hall–Kier alpha value is -3.41. The maximum Gasteiger partial charge on any atom is 0.225 e. The van der Waals surface area contributed by atoms with Crippen molar-refractivity contribution in [1.29, 1.82) is 0 Å². The van der Waals surface area contributed by atoms with Gasteiger partial charge in [0.2, 0.25) is 11.8 Å². The van der Waals surface area contributed by atoms with Gasteiger partial charge in [0.05, 0.1) is 12.2 Å². The zero-order valence-electron chi connectivity index (χ0n) is 16.7. The number of anilines is 2. The van der Waals surface area contributed by atoms with Gasteiger partial charge in [-0.15, -0.1) is 0 Å². The maximum atomic E-state index is 12.2. The Balaban J connectivity index is 1.66. The number of hydrogen-bond donors (Lipinski definition) is 1. The van der Waals surface area contributed by atoms with Crippen LogP contribution >= 0.6 is 0 Å². The molecule has 148 valence electrons. The highest BCUT2D eigenvalue weighted by atomic mass is 16.3. The van der Waals surface area contributed by atoms with Gasteiger partial charge in [-0.3, -0.25) is 9.59 Å². The van der Waals surface area contributed by atoms with Gasteiger partial charge in [-0.1, -0.05) is 0 Å². The molecule has 0 aliphatic carbocycles. The first-order valence-corrected chi connectivity index (χ1v) is 9.65. The number of amides is 1. The molecule has 0 fully saturated rings. The number of rotatable bonds is 4. The molecule has 4 rings (SSSR count). The van der Waals surface area contributed by atoms with Gasteiger partial charge < -0.3 is 14.6 Å². The van der Waals surface area contributed by atoms with Crippen LogP contribution in [0.1, 0.15) is 49.2 Å². The SMILES string of the molecule is CC(=O)c1ccc2c(c1)C(Nc1ccc(-c3ncco3)cc1)CC(C)N2C(C)=O. The molecule has 6 heteroatoms. The van der Waals surface area contributed by atoms with Crippen LogP contribution in [0, 0.1) is 0 Å². The molecule has 2 atom stereocenters. The van der Waals surface area contributed by atoms with Crippen LogP contribution in [0.5, 0.6) is 0 Å². The molecular weight excluding hydrogens is 366 g/mol. The van der Waals surface area contributed by atoms with E-state index in [0.717, 1.165) is 28.9 Å². The molecule has 0 saturated carbocycles. The van der Waals surface area contributed by atoms with E-state index in [4.69, 9.17) is 4.42 Å². The van der Waals surface area contributed by atoms with Gasteiger partial charge in [0.1, 0.15) is 6.26 Å². The zero-order chi connectivity index (χ0) is 20.5. The number of nitrogens with zero attached hydrogens (tertiary/aromatic N) is 2. The first kappa shape index (κ1) is 18.9. The van der Waals surface area contributed by atoms with Crippen molar-refractivity contribution in [3.05, 3.63) is 66.1 Å². The van der Waals surface area contributed by atoms with Gasteiger partial charge in [-0.05, 0) is 68.3 Å². The average Bonchev–Trinajstić information content (AvgIpc) is 3.22. The van der Waals surface area contributed by atoms with Crippen LogP contribution in [0.2, 0.25) is 0 Å². The number of aromatic nitrogens is 1. The lowest BCUT2D eigenvalue weighted by atomic mass is 9.89. The summed E-state index contributed by atoms with van der Waals surface area (Å²) in [7, 11) is 0. The van der Waals surface area contributed by atoms with E-state index in [0.29, 0.717) is 11.5 Å². The van der Waals surface area contributed by atoms with E-state index < -0.39 is 0 Å². The quantitative estimate of drug-likeness (QED) is 0.646. The number of carbonyl (C=O) groups excluding carboxylic acids is 2. The van der Waals surface area contributed by atoms with Crippen LogP contribution in [-0.4, -0.2) is 22.7 Å². The summed E-state index contributed by atoms with van der Waals surface area (Å²) in [5, 5.41) is 3.57. The lowest BCUT2D eigenvalue weighted by Crippen LogP contribution is -2.43. The monoisotopic (exact) mass is 389 g/mol. The molecule has 1 N–H and O–H groups in total. The Morgan fingerprint density at radius 1 is 1.14 bits per heavy atom. The number of hydrogen-bond acceptors (Lipinski definition) is 5. The average molecular weight is 389 g/mol. The van der Waals surface area contributed by atoms with Crippen LogP contribution in [-0.2, 0) is 4.79 Å². The molecular formula is C23H23N3O3. The summed E-state index contributed by atoms with van der Waals surface area (Å²) in [5.41, 5.74) is 4.32. The number of ketones is 1. The number of carbonyl (C=O) groups is 2. The van der Waals surface area contributed by atoms with Gasteiger partial charge in [-0.2, -0.15) is 0 Å². The minimum Gasteiger partial charge on any atom is -0.445 e. The Morgan fingerprint density at radius 3 is 2.52 bits per heavy atom. The third kappa shape index (κ3) is 3.66. The number of oxazole rings is 1. The second kappa shape index (κ2) is 7.54. The third-order valence-electron chi connectivity index (χ3n) is 5.33. The predicted octanol–water partition coefficient (Wildman–Crippen LogP) is 4.84. The fraction of sp³-hybridized carbons (Fsp3) is 0.261. The molecule has 1 aromatic heterocycles. The van der Waals surface area contributed by atoms with Crippen molar-refractivity contribution in [2.24, 2.45) is 0 Å². The van der Waals surface area contributed by atoms with Crippen molar-refractivity contribution in [3.63, 3.8) is 0 Å². The van der Waals surface area contributed by atoms with Gasteiger partial charge >= 0.3 is 0 Å². The van der Waals surface area contributed by atoms with E-state index in [1.807, 2.05) is 48.2 Å². The minimum absolute atomic E-state index is 0.00285. The predicted molar refractivity (Wildman–Crippen MR) is 112 cm³/mol. The molecule has 0 radical (unpaired) electrons. The molecule has 0 bridgehead atoms. The van der Waals surface area contributed by atoms with Crippen molar-refractivity contribution in [1.82, 2.24) is 4.98 Å². The van der Waals surface area contributed by atoms with Crippen molar-refractivity contribution >= 4 is 23.1 Å². The maximum absolute atomic E-state index is 12.2. The summed E-state index contributed by atoms with van der Waals surface area (Å²) in [6.45, 7) is 5.18. The second-order valence-corrected chi connectivity index (χ2v) is 7.42. The lowest BCUT2D eigenvalue weighted by molar-refractivity contribution is -0.117. The highest BCUT2D eigenvalue weighted by Gasteiger charge is 2.32. The first-order valence-electron chi connectivity index (χ1n) is 9.65. The number of nitrogens with one attached hydrogen (secondary N) is 1. The van der Waals surface area contributed by atoms with E-state index in [2.05, 4.69) is 10.3 Å². The fourth-order valence-corrected chi connectivity index (χ4v) is 3.98. The first-order chi connectivity index (χ1) is 13.9. The van der Waals surface area contributed by atoms with E-state index in [9.17, 15) is 9.59 Å². The fourth-order valence-electron chi connectivity index (χ4n) is 3.98. The van der Waals surface area contributed by atoms with Crippen molar-refractivity contribution in [2.45, 2.75) is 39.3 Å². The summed E-state index contributed by atoms with van der Waals surface area (Å²) in [6, 6.07) is 13.5. The Bertz CT molecular complexity index is 1040. The molecule has 29 heavy (non-hydrogen) atoms. The van der Waals surface area contributed by atoms with Crippen LogP contribution in [0.15, 0.2) is 59.3 Å². The van der Waals surface area contributed by atoms with Gasteiger partial charge in [0, 0.05) is 35.5 Å². The van der Waals surface area contributed by atoms with Crippen LogP contribution in [0.3, 0.4) is 0 Å². The molecule has 6 nitrogen and oxygen atoms in total. The molecule has 1 aliphatic heterocycles. The lowest BCUT2D eigenvalue weighted by Gasteiger charge is -2.39. The van der Waals surface area contributed by atoms with Gasteiger partial charge in [0.15, 0.2) is 5.78 Å². The van der Waals surface area contributed by atoms with Gasteiger partial charge in [0.25, 0.3) is 0 Å². The largest absolute Gasteiger partial charge is 0.445 e. The summed E-state index contributed by atoms with van der Waals surface area (Å²) in [5.74, 6) is 0.592. The highest BCUT2D eigenvalue weighted by molar-refractivity contribution is 5.97. The van der Waals surface area contributed by atoms with E-state index >= 15 is 0 Å². The van der Waals surface area contributed by atoms with Crippen molar-refractivity contribution in [3.8, 4) is 11.5 Å². The Labute approximate surface area is 169 Å². The van der Waals surface area contributed by atoms with E-state index in [1.165, 1.54) is 0 Å². The highest BCUT2D eigenvalue weighted by Crippen LogP contribution is 2.39. The molecule has 0 spiro atoms. The van der Waals surface area contributed by atoms with E-state index in [1.54, 1.807) is 32.4 Å². The van der Waals surface area contributed by atoms with Gasteiger partial charge in [-0.25, -0.2) is 4.98 Å². The Morgan fingerprint density at radius 2 is 1.90 bits per heavy atom. The summed E-state index contributed by atoms with van der Waals surface area (Å²) in [6.07, 6.45) is 3.92. The summed E-state index contributed by atoms with van der Waals surface area (Å²) in [4.78, 5) is 30.1. The van der Waals surface area contributed by atoms with Crippen LogP contribution in [0.4, 0.5) is 11.4 Å². The zero-order valence-corrected chi connectivity index (χ0v) is 16.7. The molecule has 2 aromatic carbocycles. The standard InChI is InChI=1S/C23H23N3O3/c1-14-12-21(25-19-7-4-17(5-8-19)23-24-10-11-29-23)20-13-18(15(2)27)6-9-22(20)26(14)16(3)28/h4-11,13-14,21,25H,12H2,1-3H3. The summed E-state index contributed by atoms with van der Waals surface area (Å²) >= 11 is 0. The smallest absolute Gasteiger partial charge is 0.225 e. The molecule has 2 heterocycles. The number of fused-ring (bicyclic) bond motifs is 1. The van der Waals surface area contributed by atoms with Crippen LogP contribution < -0.4 is 10.2 Å². The minimum atomic E-state index is -0.0116. The molecule has 1 aliphatic rings. The summed E-state index contributed by atoms with van der Waals surface area (Å²) < 4.78 is 5.34. The third-order valence-corrected chi connectivity index (χ3v) is 5.33. The number of Topliss-reactive ketones (excluding diaryl/α,β-unsaturated/α-hetero) is 1. The normalized spacial score (nSPS) is 18.2.